The zero-order valence-corrected chi connectivity index (χ0v) is 5.99. The molecule has 0 saturated carbocycles. The summed E-state index contributed by atoms with van der Waals surface area (Å²) >= 11 is 0. The molecule has 0 spiro atoms. The standard InChI is InChI=1S/C8H13NO/c9-5-6-10-7-8-3-1-2-4-8/h1-4,8H,5-7,9H2. The van der Waals surface area contributed by atoms with Gasteiger partial charge in [-0.15, -0.1) is 0 Å². The van der Waals surface area contributed by atoms with Gasteiger partial charge in [-0.1, -0.05) is 24.3 Å². The molecule has 0 radical (unpaired) electrons. The van der Waals surface area contributed by atoms with Crippen LogP contribution in [-0.2, 0) is 4.74 Å². The molecule has 0 aliphatic heterocycles. The van der Waals surface area contributed by atoms with Gasteiger partial charge in [0, 0.05) is 12.5 Å². The Balaban J connectivity index is 2.03. The van der Waals surface area contributed by atoms with E-state index < -0.39 is 0 Å². The van der Waals surface area contributed by atoms with Gasteiger partial charge in [0.2, 0.25) is 0 Å². The van der Waals surface area contributed by atoms with Crippen molar-refractivity contribution < 1.29 is 4.74 Å². The maximum absolute atomic E-state index is 5.25. The van der Waals surface area contributed by atoms with E-state index >= 15 is 0 Å². The molecule has 1 aliphatic carbocycles. The Labute approximate surface area is 61.4 Å². The van der Waals surface area contributed by atoms with Gasteiger partial charge in [-0.2, -0.15) is 0 Å². The summed E-state index contributed by atoms with van der Waals surface area (Å²) in [5, 5.41) is 0. The molecule has 0 atom stereocenters. The molecule has 0 aromatic carbocycles. The van der Waals surface area contributed by atoms with Crippen molar-refractivity contribution in [1.29, 1.82) is 0 Å². The second-order valence-corrected chi connectivity index (χ2v) is 2.30. The molecule has 0 heterocycles. The number of hydrogen-bond donors (Lipinski definition) is 1. The minimum Gasteiger partial charge on any atom is -0.379 e. The van der Waals surface area contributed by atoms with Crippen LogP contribution >= 0.6 is 0 Å². The highest BCUT2D eigenvalue weighted by molar-refractivity contribution is 5.17. The van der Waals surface area contributed by atoms with Crippen LogP contribution in [0.5, 0.6) is 0 Å². The Bertz CT molecular complexity index is 128. The van der Waals surface area contributed by atoms with Crippen molar-refractivity contribution in [2.24, 2.45) is 11.7 Å². The highest BCUT2D eigenvalue weighted by atomic mass is 16.5. The molecule has 0 fully saturated rings. The summed E-state index contributed by atoms with van der Waals surface area (Å²) < 4.78 is 5.24. The zero-order chi connectivity index (χ0) is 7.23. The van der Waals surface area contributed by atoms with Gasteiger partial charge in [-0.25, -0.2) is 0 Å². The van der Waals surface area contributed by atoms with E-state index in [9.17, 15) is 0 Å². The van der Waals surface area contributed by atoms with E-state index in [-0.39, 0.29) is 0 Å². The highest BCUT2D eigenvalue weighted by Gasteiger charge is 2.01. The van der Waals surface area contributed by atoms with Gasteiger partial charge in [-0.3, -0.25) is 0 Å². The van der Waals surface area contributed by atoms with Crippen molar-refractivity contribution in [3.63, 3.8) is 0 Å². The Morgan fingerprint density at radius 2 is 2.00 bits per heavy atom. The van der Waals surface area contributed by atoms with Crippen LogP contribution in [0.15, 0.2) is 24.3 Å². The van der Waals surface area contributed by atoms with Gasteiger partial charge in [0.25, 0.3) is 0 Å². The summed E-state index contributed by atoms with van der Waals surface area (Å²) in [5.41, 5.74) is 5.25. The first-order valence-corrected chi connectivity index (χ1v) is 3.56. The summed E-state index contributed by atoms with van der Waals surface area (Å²) in [6, 6.07) is 0. The average molecular weight is 139 g/mol. The van der Waals surface area contributed by atoms with Gasteiger partial charge >= 0.3 is 0 Å². The molecule has 1 rings (SSSR count). The predicted octanol–water partition coefficient (Wildman–Crippen LogP) is 0.704. The summed E-state index contributed by atoms with van der Waals surface area (Å²) in [6.07, 6.45) is 8.32. The van der Waals surface area contributed by atoms with E-state index in [0.717, 1.165) is 6.61 Å². The average Bonchev–Trinajstić information content (AvgIpc) is 2.41. The third kappa shape index (κ3) is 2.33. The Morgan fingerprint density at radius 1 is 1.30 bits per heavy atom. The third-order valence-corrected chi connectivity index (χ3v) is 1.40. The maximum Gasteiger partial charge on any atom is 0.0589 e. The molecule has 0 amide bonds. The molecule has 2 nitrogen and oxygen atoms in total. The van der Waals surface area contributed by atoms with Crippen molar-refractivity contribution in [1.82, 2.24) is 0 Å². The Morgan fingerprint density at radius 3 is 2.60 bits per heavy atom. The first-order chi connectivity index (χ1) is 4.93. The topological polar surface area (TPSA) is 35.2 Å². The lowest BCUT2D eigenvalue weighted by atomic mass is 10.2. The van der Waals surface area contributed by atoms with Crippen LogP contribution in [0.4, 0.5) is 0 Å². The van der Waals surface area contributed by atoms with Crippen molar-refractivity contribution >= 4 is 0 Å². The second kappa shape index (κ2) is 4.25. The van der Waals surface area contributed by atoms with Crippen LogP contribution in [0.2, 0.25) is 0 Å². The van der Waals surface area contributed by atoms with Gasteiger partial charge < -0.3 is 10.5 Å². The van der Waals surface area contributed by atoms with E-state index in [1.54, 1.807) is 0 Å². The van der Waals surface area contributed by atoms with Gasteiger partial charge in [0.05, 0.1) is 13.2 Å². The van der Waals surface area contributed by atoms with Crippen LogP contribution in [0, 0.1) is 5.92 Å². The van der Waals surface area contributed by atoms with E-state index in [0.29, 0.717) is 19.1 Å². The third-order valence-electron chi connectivity index (χ3n) is 1.40. The summed E-state index contributed by atoms with van der Waals surface area (Å²) in [5.74, 6) is 0.478. The first kappa shape index (κ1) is 7.51. The van der Waals surface area contributed by atoms with E-state index in [1.165, 1.54) is 0 Å². The fourth-order valence-corrected chi connectivity index (χ4v) is 0.892. The molecule has 0 aromatic heterocycles. The number of hydrogen-bond acceptors (Lipinski definition) is 2. The largest absolute Gasteiger partial charge is 0.379 e. The molecule has 56 valence electrons. The molecule has 1 aliphatic rings. The van der Waals surface area contributed by atoms with Crippen molar-refractivity contribution in [2.45, 2.75) is 0 Å². The van der Waals surface area contributed by atoms with Crippen LogP contribution in [0.25, 0.3) is 0 Å². The summed E-state index contributed by atoms with van der Waals surface area (Å²) in [7, 11) is 0. The van der Waals surface area contributed by atoms with Crippen molar-refractivity contribution in [3.05, 3.63) is 24.3 Å². The monoisotopic (exact) mass is 139 g/mol. The summed E-state index contributed by atoms with van der Waals surface area (Å²) in [6.45, 7) is 2.04. The molecule has 0 aromatic rings. The van der Waals surface area contributed by atoms with E-state index in [1.807, 2.05) is 12.2 Å². The number of ether oxygens (including phenoxy) is 1. The fraction of sp³-hybridized carbons (Fsp3) is 0.500. The maximum atomic E-state index is 5.25. The first-order valence-electron chi connectivity index (χ1n) is 3.56. The van der Waals surface area contributed by atoms with Crippen molar-refractivity contribution in [3.8, 4) is 0 Å². The molecule has 10 heavy (non-hydrogen) atoms. The highest BCUT2D eigenvalue weighted by Crippen LogP contribution is 2.08. The Kier molecular flexibility index (Phi) is 3.19. The lowest BCUT2D eigenvalue weighted by molar-refractivity contribution is 0.130. The number of nitrogens with two attached hydrogens (primary N) is 1. The zero-order valence-electron chi connectivity index (χ0n) is 5.99. The molecule has 2 N–H and O–H groups in total. The van der Waals surface area contributed by atoms with Crippen LogP contribution in [0.1, 0.15) is 0 Å². The quantitative estimate of drug-likeness (QED) is 0.582. The second-order valence-electron chi connectivity index (χ2n) is 2.30. The molecular formula is C8H13NO. The van der Waals surface area contributed by atoms with Crippen LogP contribution in [0.3, 0.4) is 0 Å². The SMILES string of the molecule is NCCOCC1C=CC=C1. The fourth-order valence-electron chi connectivity index (χ4n) is 0.892. The van der Waals surface area contributed by atoms with Crippen LogP contribution < -0.4 is 5.73 Å². The van der Waals surface area contributed by atoms with Crippen LogP contribution in [-0.4, -0.2) is 19.8 Å². The lowest BCUT2D eigenvalue weighted by Crippen LogP contribution is -2.11. The molecular weight excluding hydrogens is 126 g/mol. The normalized spacial score (nSPS) is 16.9. The molecule has 2 heteroatoms. The van der Waals surface area contributed by atoms with E-state index in [4.69, 9.17) is 10.5 Å². The lowest BCUT2D eigenvalue weighted by Gasteiger charge is -2.04. The summed E-state index contributed by atoms with van der Waals surface area (Å²) in [4.78, 5) is 0. The van der Waals surface area contributed by atoms with Gasteiger partial charge in [0.15, 0.2) is 0 Å². The number of allylic oxidation sites excluding steroid dienone is 2. The molecule has 0 bridgehead atoms. The molecule has 0 unspecified atom stereocenters. The van der Waals surface area contributed by atoms with E-state index in [2.05, 4.69) is 12.2 Å². The number of rotatable bonds is 4. The Hall–Kier alpha value is -0.600. The van der Waals surface area contributed by atoms with Crippen molar-refractivity contribution in [2.75, 3.05) is 19.8 Å². The van der Waals surface area contributed by atoms with Gasteiger partial charge in [-0.05, 0) is 0 Å². The smallest absolute Gasteiger partial charge is 0.0589 e. The van der Waals surface area contributed by atoms with Gasteiger partial charge in [0.1, 0.15) is 0 Å². The predicted molar refractivity (Wildman–Crippen MR) is 41.6 cm³/mol. The minimum atomic E-state index is 0.478. The minimum absolute atomic E-state index is 0.478. The molecule has 0 saturated heterocycles.